The van der Waals surface area contributed by atoms with Crippen molar-refractivity contribution >= 4 is 54.9 Å². The Bertz CT molecular complexity index is 695. The molecular formula is C15H10Br2N2O. The second-order valence-corrected chi connectivity index (χ2v) is 6.20. The molecule has 0 radical (unpaired) electrons. The van der Waals surface area contributed by atoms with Gasteiger partial charge in [-0.15, -0.1) is 0 Å². The molecule has 0 aliphatic carbocycles. The average molecular weight is 394 g/mol. The summed E-state index contributed by atoms with van der Waals surface area (Å²) in [7, 11) is 0. The van der Waals surface area contributed by atoms with Crippen molar-refractivity contribution in [1.82, 2.24) is 0 Å². The lowest BCUT2D eigenvalue weighted by Crippen LogP contribution is -2.29. The van der Waals surface area contributed by atoms with Crippen LogP contribution in [-0.4, -0.2) is 16.4 Å². The highest BCUT2D eigenvalue weighted by atomic mass is 79.9. The average Bonchev–Trinajstić information content (AvgIpc) is 2.58. The van der Waals surface area contributed by atoms with Crippen LogP contribution in [0.4, 0.5) is 11.4 Å². The molecular weight excluding hydrogens is 384 g/mol. The zero-order valence-electron chi connectivity index (χ0n) is 10.3. The fourth-order valence-electron chi connectivity index (χ4n) is 2.02. The fourth-order valence-corrected chi connectivity index (χ4v) is 2.76. The Morgan fingerprint density at radius 2 is 1.75 bits per heavy atom. The van der Waals surface area contributed by atoms with E-state index in [9.17, 15) is 4.79 Å². The number of hydrogen-bond donors (Lipinski definition) is 1. The smallest absolute Gasteiger partial charge is 0.244 e. The number of nitrogens with zero attached hydrogens (tertiary/aromatic N) is 1. The Morgan fingerprint density at radius 3 is 2.50 bits per heavy atom. The maximum atomic E-state index is 12.2. The number of carbonyl (C=O) groups is 1. The molecule has 100 valence electrons. The molecule has 2 aromatic carbocycles. The van der Waals surface area contributed by atoms with Gasteiger partial charge in [-0.3, -0.25) is 4.79 Å². The van der Waals surface area contributed by atoms with Crippen LogP contribution in [0.5, 0.6) is 0 Å². The molecule has 1 N–H and O–H groups in total. The van der Waals surface area contributed by atoms with Gasteiger partial charge in [-0.25, -0.2) is 4.99 Å². The highest BCUT2D eigenvalue weighted by Crippen LogP contribution is 2.30. The third-order valence-corrected chi connectivity index (χ3v) is 4.39. The van der Waals surface area contributed by atoms with Gasteiger partial charge >= 0.3 is 0 Å². The molecule has 0 spiro atoms. The molecule has 3 nitrogen and oxygen atoms in total. The molecule has 0 fully saturated rings. The van der Waals surface area contributed by atoms with E-state index in [4.69, 9.17) is 0 Å². The van der Waals surface area contributed by atoms with E-state index in [2.05, 4.69) is 42.2 Å². The second kappa shape index (κ2) is 5.50. The summed E-state index contributed by atoms with van der Waals surface area (Å²) < 4.78 is 0.992. The van der Waals surface area contributed by atoms with Crippen LogP contribution >= 0.6 is 31.9 Å². The zero-order valence-corrected chi connectivity index (χ0v) is 13.5. The SMILES string of the molecule is O=C1Nc2ccccc2N=C(c2ccc(Br)cc2)C1Br. The maximum absolute atomic E-state index is 12.2. The third kappa shape index (κ3) is 2.55. The van der Waals surface area contributed by atoms with Crippen molar-refractivity contribution in [3.8, 4) is 0 Å². The molecule has 2 aromatic rings. The van der Waals surface area contributed by atoms with E-state index in [0.29, 0.717) is 5.71 Å². The number of benzene rings is 2. The Morgan fingerprint density at radius 1 is 1.05 bits per heavy atom. The van der Waals surface area contributed by atoms with E-state index < -0.39 is 4.83 Å². The molecule has 1 atom stereocenters. The van der Waals surface area contributed by atoms with Gasteiger partial charge < -0.3 is 5.32 Å². The number of anilines is 1. The van der Waals surface area contributed by atoms with Crippen LogP contribution in [0.1, 0.15) is 5.56 Å². The molecule has 0 bridgehead atoms. The van der Waals surface area contributed by atoms with Crippen molar-refractivity contribution in [3.05, 3.63) is 58.6 Å². The van der Waals surface area contributed by atoms with E-state index in [0.717, 1.165) is 21.4 Å². The van der Waals surface area contributed by atoms with Gasteiger partial charge in [0.25, 0.3) is 0 Å². The van der Waals surface area contributed by atoms with Crippen molar-refractivity contribution in [1.29, 1.82) is 0 Å². The first-order valence-corrected chi connectivity index (χ1v) is 7.74. The van der Waals surface area contributed by atoms with Gasteiger partial charge in [-0.1, -0.05) is 56.1 Å². The summed E-state index contributed by atoms with van der Waals surface area (Å²) in [4.78, 5) is 16.3. The van der Waals surface area contributed by atoms with Crippen LogP contribution in [0.2, 0.25) is 0 Å². The standard InChI is InChI=1S/C15H10Br2N2O/c16-10-7-5-9(6-8-10)14-13(17)15(20)19-12-4-2-1-3-11(12)18-14/h1-8,13H,(H,19,20). The Kier molecular flexibility index (Phi) is 3.72. The van der Waals surface area contributed by atoms with E-state index in [1.165, 1.54) is 0 Å². The lowest BCUT2D eigenvalue weighted by Gasteiger charge is -2.10. The molecule has 0 saturated carbocycles. The summed E-state index contributed by atoms with van der Waals surface area (Å²) >= 11 is 6.84. The van der Waals surface area contributed by atoms with Gasteiger partial charge in [0, 0.05) is 4.47 Å². The summed E-state index contributed by atoms with van der Waals surface area (Å²) in [5.41, 5.74) is 3.12. The van der Waals surface area contributed by atoms with Crippen molar-refractivity contribution in [2.24, 2.45) is 4.99 Å². The summed E-state index contributed by atoms with van der Waals surface area (Å²) in [6.45, 7) is 0. The van der Waals surface area contributed by atoms with Crippen LogP contribution in [-0.2, 0) is 4.79 Å². The van der Waals surface area contributed by atoms with E-state index in [1.54, 1.807) is 0 Å². The minimum Gasteiger partial charge on any atom is -0.323 e. The highest BCUT2D eigenvalue weighted by Gasteiger charge is 2.26. The predicted octanol–water partition coefficient (Wildman–Crippen LogP) is 4.29. The molecule has 0 aromatic heterocycles. The number of hydrogen-bond acceptors (Lipinski definition) is 2. The number of amides is 1. The molecule has 1 heterocycles. The second-order valence-electron chi connectivity index (χ2n) is 4.37. The predicted molar refractivity (Wildman–Crippen MR) is 88.1 cm³/mol. The number of nitrogens with one attached hydrogen (secondary N) is 1. The first-order chi connectivity index (χ1) is 9.65. The first kappa shape index (κ1) is 13.5. The van der Waals surface area contributed by atoms with Gasteiger partial charge in [-0.2, -0.15) is 0 Å². The Hall–Kier alpha value is -1.46. The van der Waals surface area contributed by atoms with E-state index in [1.807, 2.05) is 48.5 Å². The minimum absolute atomic E-state index is 0.114. The number of fused-ring (bicyclic) bond motifs is 1. The quantitative estimate of drug-likeness (QED) is 0.721. The monoisotopic (exact) mass is 392 g/mol. The number of rotatable bonds is 1. The number of carbonyl (C=O) groups excluding carboxylic acids is 1. The van der Waals surface area contributed by atoms with Crippen molar-refractivity contribution in [2.75, 3.05) is 5.32 Å². The van der Waals surface area contributed by atoms with Gasteiger partial charge in [-0.05, 0) is 29.8 Å². The van der Waals surface area contributed by atoms with Gasteiger partial charge in [0.2, 0.25) is 5.91 Å². The number of alkyl halides is 1. The molecule has 1 aliphatic rings. The first-order valence-electron chi connectivity index (χ1n) is 6.03. The molecule has 1 aliphatic heterocycles. The molecule has 1 amide bonds. The summed E-state index contributed by atoms with van der Waals surface area (Å²) in [5.74, 6) is -0.114. The van der Waals surface area contributed by atoms with Crippen molar-refractivity contribution in [2.45, 2.75) is 4.83 Å². The van der Waals surface area contributed by atoms with Gasteiger partial charge in [0.15, 0.2) is 0 Å². The van der Waals surface area contributed by atoms with Crippen LogP contribution in [0, 0.1) is 0 Å². The Balaban J connectivity index is 2.14. The molecule has 3 rings (SSSR count). The maximum Gasteiger partial charge on any atom is 0.244 e. The number of aliphatic imine (C=N–C) groups is 1. The number of para-hydroxylation sites is 2. The van der Waals surface area contributed by atoms with Crippen LogP contribution in [0.15, 0.2) is 58.0 Å². The number of halogens is 2. The molecule has 1 unspecified atom stereocenters. The lowest BCUT2D eigenvalue weighted by molar-refractivity contribution is -0.114. The van der Waals surface area contributed by atoms with Crippen molar-refractivity contribution < 1.29 is 4.79 Å². The third-order valence-electron chi connectivity index (χ3n) is 3.01. The topological polar surface area (TPSA) is 41.5 Å². The van der Waals surface area contributed by atoms with E-state index in [-0.39, 0.29) is 5.91 Å². The summed E-state index contributed by atoms with van der Waals surface area (Å²) in [6.07, 6.45) is 0. The van der Waals surface area contributed by atoms with E-state index >= 15 is 0 Å². The largest absolute Gasteiger partial charge is 0.323 e. The fraction of sp³-hybridized carbons (Fsp3) is 0.0667. The van der Waals surface area contributed by atoms with Crippen LogP contribution in [0.25, 0.3) is 0 Å². The summed E-state index contributed by atoms with van der Waals surface area (Å²) in [5, 5.41) is 2.87. The minimum atomic E-state index is -0.476. The summed E-state index contributed by atoms with van der Waals surface area (Å²) in [6, 6.07) is 15.3. The normalized spacial score (nSPS) is 17.8. The molecule has 0 saturated heterocycles. The van der Waals surface area contributed by atoms with Crippen molar-refractivity contribution in [3.63, 3.8) is 0 Å². The molecule has 5 heteroatoms. The highest BCUT2D eigenvalue weighted by molar-refractivity contribution is 9.10. The van der Waals surface area contributed by atoms with Crippen LogP contribution < -0.4 is 5.32 Å². The molecule has 20 heavy (non-hydrogen) atoms. The van der Waals surface area contributed by atoms with Gasteiger partial charge in [0.1, 0.15) is 4.83 Å². The van der Waals surface area contributed by atoms with Crippen LogP contribution in [0.3, 0.4) is 0 Å². The lowest BCUT2D eigenvalue weighted by atomic mass is 10.1. The zero-order chi connectivity index (χ0) is 14.1. The van der Waals surface area contributed by atoms with Gasteiger partial charge in [0.05, 0.1) is 17.1 Å². The Labute approximate surface area is 133 Å².